The van der Waals surface area contributed by atoms with E-state index in [1.54, 1.807) is 0 Å². The molecule has 2 aromatic rings. The quantitative estimate of drug-likeness (QED) is 0.807. The van der Waals surface area contributed by atoms with Gasteiger partial charge in [-0.15, -0.1) is 0 Å². The van der Waals surface area contributed by atoms with Crippen molar-refractivity contribution in [2.75, 3.05) is 37.6 Å². The SMILES string of the molecule is CCn1nccc1CCN1CCN(c2nc(C)cc(C(C)C)n2)CC1. The third kappa shape index (κ3) is 4.37. The Morgan fingerprint density at radius 1 is 1.12 bits per heavy atom. The van der Waals surface area contributed by atoms with Crippen molar-refractivity contribution >= 4 is 5.95 Å². The number of hydrogen-bond acceptors (Lipinski definition) is 5. The fraction of sp³-hybridized carbons (Fsp3) is 0.632. The van der Waals surface area contributed by atoms with E-state index in [0.717, 1.165) is 63.0 Å². The van der Waals surface area contributed by atoms with Crippen LogP contribution in [0.15, 0.2) is 18.3 Å². The summed E-state index contributed by atoms with van der Waals surface area (Å²) in [6, 6.07) is 4.23. The highest BCUT2D eigenvalue weighted by Gasteiger charge is 2.20. The van der Waals surface area contributed by atoms with Crippen LogP contribution < -0.4 is 4.90 Å². The number of piperazine rings is 1. The minimum atomic E-state index is 0.435. The average molecular weight is 342 g/mol. The van der Waals surface area contributed by atoms with Crippen LogP contribution in [0, 0.1) is 6.92 Å². The second kappa shape index (κ2) is 7.95. The maximum atomic E-state index is 4.78. The third-order valence-electron chi connectivity index (χ3n) is 4.90. The minimum Gasteiger partial charge on any atom is -0.338 e. The summed E-state index contributed by atoms with van der Waals surface area (Å²) >= 11 is 0. The van der Waals surface area contributed by atoms with E-state index >= 15 is 0 Å². The van der Waals surface area contributed by atoms with Crippen molar-refractivity contribution in [2.24, 2.45) is 0 Å². The molecule has 0 aliphatic carbocycles. The van der Waals surface area contributed by atoms with Crippen LogP contribution in [0.3, 0.4) is 0 Å². The van der Waals surface area contributed by atoms with Crippen LogP contribution in [-0.2, 0) is 13.0 Å². The molecule has 6 heteroatoms. The molecular weight excluding hydrogens is 312 g/mol. The second-order valence-electron chi connectivity index (χ2n) is 7.11. The molecule has 0 unspecified atom stereocenters. The highest BCUT2D eigenvalue weighted by molar-refractivity contribution is 5.34. The topological polar surface area (TPSA) is 50.1 Å². The predicted molar refractivity (Wildman–Crippen MR) is 101 cm³/mol. The van der Waals surface area contributed by atoms with Gasteiger partial charge in [0, 0.05) is 69.0 Å². The van der Waals surface area contributed by atoms with Crippen molar-refractivity contribution in [1.29, 1.82) is 0 Å². The van der Waals surface area contributed by atoms with Crippen molar-refractivity contribution in [2.45, 2.75) is 46.6 Å². The van der Waals surface area contributed by atoms with Crippen molar-refractivity contribution < 1.29 is 0 Å². The van der Waals surface area contributed by atoms with Gasteiger partial charge in [-0.25, -0.2) is 9.97 Å². The Labute approximate surface area is 150 Å². The molecule has 3 heterocycles. The van der Waals surface area contributed by atoms with Crippen molar-refractivity contribution in [1.82, 2.24) is 24.6 Å². The number of hydrogen-bond donors (Lipinski definition) is 0. The van der Waals surface area contributed by atoms with Gasteiger partial charge in [-0.3, -0.25) is 9.58 Å². The molecule has 0 amide bonds. The first-order chi connectivity index (χ1) is 12.1. The van der Waals surface area contributed by atoms with Gasteiger partial charge < -0.3 is 4.90 Å². The standard InChI is InChI=1S/C19H30N6/c1-5-25-17(6-8-20-25)7-9-23-10-12-24(13-11-23)19-21-16(4)14-18(22-19)15(2)3/h6,8,14-15H,5,7,9-13H2,1-4H3. The molecule has 25 heavy (non-hydrogen) atoms. The van der Waals surface area contributed by atoms with Gasteiger partial charge in [-0.1, -0.05) is 13.8 Å². The van der Waals surface area contributed by atoms with Crippen LogP contribution in [0.2, 0.25) is 0 Å². The van der Waals surface area contributed by atoms with E-state index in [4.69, 9.17) is 4.98 Å². The van der Waals surface area contributed by atoms with Crippen LogP contribution in [0.5, 0.6) is 0 Å². The van der Waals surface area contributed by atoms with Crippen LogP contribution in [0.25, 0.3) is 0 Å². The largest absolute Gasteiger partial charge is 0.338 e. The Bertz CT molecular complexity index is 685. The zero-order valence-electron chi connectivity index (χ0n) is 15.9. The Balaban J connectivity index is 1.55. The van der Waals surface area contributed by atoms with E-state index < -0.39 is 0 Å². The van der Waals surface area contributed by atoms with Crippen molar-refractivity contribution in [3.05, 3.63) is 35.4 Å². The molecule has 6 nitrogen and oxygen atoms in total. The highest BCUT2D eigenvalue weighted by Crippen LogP contribution is 2.18. The summed E-state index contributed by atoms with van der Waals surface area (Å²) in [5, 5.41) is 4.35. The fourth-order valence-corrected chi connectivity index (χ4v) is 3.32. The molecule has 0 saturated carbocycles. The summed E-state index contributed by atoms with van der Waals surface area (Å²) in [5.74, 6) is 1.33. The maximum absolute atomic E-state index is 4.78. The number of aryl methyl sites for hydroxylation is 2. The first-order valence-corrected chi connectivity index (χ1v) is 9.40. The van der Waals surface area contributed by atoms with E-state index in [9.17, 15) is 0 Å². The summed E-state index contributed by atoms with van der Waals surface area (Å²) in [7, 11) is 0. The summed E-state index contributed by atoms with van der Waals surface area (Å²) in [6.07, 6.45) is 2.96. The highest BCUT2D eigenvalue weighted by atomic mass is 15.3. The number of rotatable bonds is 6. The molecule has 0 spiro atoms. The Morgan fingerprint density at radius 3 is 2.56 bits per heavy atom. The average Bonchev–Trinajstić information content (AvgIpc) is 3.07. The summed E-state index contributed by atoms with van der Waals surface area (Å²) in [6.45, 7) is 14.7. The molecule has 0 bridgehead atoms. The molecule has 1 saturated heterocycles. The van der Waals surface area contributed by atoms with Gasteiger partial charge >= 0.3 is 0 Å². The lowest BCUT2D eigenvalue weighted by molar-refractivity contribution is 0.257. The Morgan fingerprint density at radius 2 is 1.88 bits per heavy atom. The van der Waals surface area contributed by atoms with Crippen molar-refractivity contribution in [3.8, 4) is 0 Å². The minimum absolute atomic E-state index is 0.435. The zero-order chi connectivity index (χ0) is 17.8. The second-order valence-corrected chi connectivity index (χ2v) is 7.11. The van der Waals surface area contributed by atoms with Gasteiger partial charge in [0.1, 0.15) is 0 Å². The van der Waals surface area contributed by atoms with Crippen LogP contribution in [0.1, 0.15) is 43.8 Å². The smallest absolute Gasteiger partial charge is 0.225 e. The van der Waals surface area contributed by atoms with E-state index in [-0.39, 0.29) is 0 Å². The monoisotopic (exact) mass is 342 g/mol. The van der Waals surface area contributed by atoms with E-state index in [0.29, 0.717) is 5.92 Å². The summed E-state index contributed by atoms with van der Waals surface area (Å²) < 4.78 is 2.09. The van der Waals surface area contributed by atoms with Crippen LogP contribution >= 0.6 is 0 Å². The van der Waals surface area contributed by atoms with Crippen LogP contribution in [0.4, 0.5) is 5.95 Å². The van der Waals surface area contributed by atoms with E-state index in [1.165, 1.54) is 5.69 Å². The van der Waals surface area contributed by atoms with Gasteiger partial charge in [0.2, 0.25) is 5.95 Å². The third-order valence-corrected chi connectivity index (χ3v) is 4.90. The lowest BCUT2D eigenvalue weighted by Crippen LogP contribution is -2.47. The molecule has 0 radical (unpaired) electrons. The van der Waals surface area contributed by atoms with Gasteiger partial charge in [-0.05, 0) is 31.9 Å². The molecule has 1 fully saturated rings. The Kier molecular flexibility index (Phi) is 5.68. The molecule has 1 aliphatic heterocycles. The molecule has 0 atom stereocenters. The molecule has 0 N–H and O–H groups in total. The van der Waals surface area contributed by atoms with E-state index in [2.05, 4.69) is 64.4 Å². The lowest BCUT2D eigenvalue weighted by Gasteiger charge is -2.35. The van der Waals surface area contributed by atoms with Crippen molar-refractivity contribution in [3.63, 3.8) is 0 Å². The molecule has 1 aliphatic rings. The molecular formula is C19H30N6. The fourth-order valence-electron chi connectivity index (χ4n) is 3.32. The molecule has 136 valence electrons. The normalized spacial score (nSPS) is 16.0. The number of aromatic nitrogens is 4. The predicted octanol–water partition coefficient (Wildman–Crippen LogP) is 2.49. The summed E-state index contributed by atoms with van der Waals surface area (Å²) in [5.41, 5.74) is 3.52. The van der Waals surface area contributed by atoms with Gasteiger partial charge in [0.15, 0.2) is 0 Å². The first kappa shape index (κ1) is 17.9. The molecule has 0 aromatic carbocycles. The molecule has 2 aromatic heterocycles. The van der Waals surface area contributed by atoms with Gasteiger partial charge in [-0.2, -0.15) is 5.10 Å². The lowest BCUT2D eigenvalue weighted by atomic mass is 10.1. The number of nitrogens with zero attached hydrogens (tertiary/aromatic N) is 6. The Hall–Kier alpha value is -1.95. The van der Waals surface area contributed by atoms with Gasteiger partial charge in [0.25, 0.3) is 0 Å². The van der Waals surface area contributed by atoms with Crippen LogP contribution in [-0.4, -0.2) is 57.4 Å². The first-order valence-electron chi connectivity index (χ1n) is 9.40. The summed E-state index contributed by atoms with van der Waals surface area (Å²) in [4.78, 5) is 14.3. The van der Waals surface area contributed by atoms with E-state index in [1.807, 2.05) is 6.20 Å². The molecule has 3 rings (SSSR count). The zero-order valence-corrected chi connectivity index (χ0v) is 15.9. The van der Waals surface area contributed by atoms with Gasteiger partial charge in [0.05, 0.1) is 0 Å². The number of anilines is 1. The maximum Gasteiger partial charge on any atom is 0.225 e.